The highest BCUT2D eigenvalue weighted by Gasteiger charge is 2.37. The molecule has 3 unspecified atom stereocenters. The van der Waals surface area contributed by atoms with E-state index in [0.717, 1.165) is 13.1 Å². The molecular formula is C18H34N4O3. The Balaban J connectivity index is 2.00. The molecule has 7 nitrogen and oxygen atoms in total. The summed E-state index contributed by atoms with van der Waals surface area (Å²) in [4.78, 5) is 32.9. The summed E-state index contributed by atoms with van der Waals surface area (Å²) in [5.41, 5.74) is 0. The molecular weight excluding hydrogens is 320 g/mol. The average molecular weight is 354 g/mol. The smallest absolute Gasteiger partial charge is 0.319 e. The number of amides is 3. The summed E-state index contributed by atoms with van der Waals surface area (Å²) >= 11 is 0. The van der Waals surface area contributed by atoms with Crippen molar-refractivity contribution >= 4 is 11.9 Å². The molecule has 144 valence electrons. The Labute approximate surface area is 151 Å². The lowest BCUT2D eigenvalue weighted by Crippen LogP contribution is -2.60. The van der Waals surface area contributed by atoms with Gasteiger partial charge in [-0.25, -0.2) is 4.79 Å². The van der Waals surface area contributed by atoms with E-state index in [1.165, 1.54) is 0 Å². The molecule has 7 heteroatoms. The number of hydrogen-bond donors (Lipinski definition) is 0. The molecule has 2 aliphatic rings. The van der Waals surface area contributed by atoms with E-state index in [-0.39, 0.29) is 36.1 Å². The maximum atomic E-state index is 13.2. The van der Waals surface area contributed by atoms with E-state index in [4.69, 9.17) is 4.74 Å². The zero-order valence-corrected chi connectivity index (χ0v) is 16.6. The van der Waals surface area contributed by atoms with Crippen LogP contribution in [-0.2, 0) is 9.53 Å². The topological polar surface area (TPSA) is 56.3 Å². The minimum Gasteiger partial charge on any atom is -0.373 e. The molecule has 0 N–H and O–H groups in total. The average Bonchev–Trinajstić information content (AvgIpc) is 2.53. The fourth-order valence-corrected chi connectivity index (χ4v) is 3.90. The van der Waals surface area contributed by atoms with E-state index >= 15 is 0 Å². The number of carbonyl (C=O) groups is 2. The van der Waals surface area contributed by atoms with Gasteiger partial charge in [-0.2, -0.15) is 0 Å². The summed E-state index contributed by atoms with van der Waals surface area (Å²) in [5.74, 6) is 0.430. The normalized spacial score (nSPS) is 26.7. The molecule has 0 aromatic rings. The Kier molecular flexibility index (Phi) is 6.68. The second kappa shape index (κ2) is 8.36. The molecule has 25 heavy (non-hydrogen) atoms. The second-order valence-electron chi connectivity index (χ2n) is 7.89. The molecule has 2 rings (SSSR count). The minimum absolute atomic E-state index is 0.0170. The molecule has 0 aliphatic carbocycles. The van der Waals surface area contributed by atoms with Crippen LogP contribution in [0.5, 0.6) is 0 Å². The van der Waals surface area contributed by atoms with Crippen molar-refractivity contribution < 1.29 is 14.3 Å². The first kappa shape index (κ1) is 20.0. The van der Waals surface area contributed by atoms with Crippen LogP contribution >= 0.6 is 0 Å². The summed E-state index contributed by atoms with van der Waals surface area (Å²) in [7, 11) is 3.52. The van der Waals surface area contributed by atoms with E-state index in [2.05, 4.69) is 32.6 Å². The van der Waals surface area contributed by atoms with Gasteiger partial charge in [0.2, 0.25) is 5.91 Å². The van der Waals surface area contributed by atoms with Gasteiger partial charge < -0.3 is 19.4 Å². The molecule has 0 aromatic heterocycles. The Morgan fingerprint density at radius 3 is 1.88 bits per heavy atom. The van der Waals surface area contributed by atoms with Crippen LogP contribution in [0.3, 0.4) is 0 Å². The number of morpholine rings is 1. The highest BCUT2D eigenvalue weighted by atomic mass is 16.5. The molecule has 0 saturated carbocycles. The lowest BCUT2D eigenvalue weighted by atomic mass is 9.98. The van der Waals surface area contributed by atoms with Crippen molar-refractivity contribution in [3.05, 3.63) is 0 Å². The second-order valence-corrected chi connectivity index (χ2v) is 7.89. The van der Waals surface area contributed by atoms with Crippen LogP contribution in [0.25, 0.3) is 0 Å². The molecule has 3 atom stereocenters. The standard InChI is InChI=1S/C18H34N4O3/c1-13(2)16(22-11-14(3)25-15(4)12-22)17(23)20-7-9-21(10-8-20)18(24)19(5)6/h13-16H,7-12H2,1-6H3. The molecule has 0 bridgehead atoms. The molecule has 2 aliphatic heterocycles. The van der Waals surface area contributed by atoms with Gasteiger partial charge in [0.05, 0.1) is 18.2 Å². The summed E-state index contributed by atoms with van der Waals surface area (Å²) in [6.07, 6.45) is 0.291. The molecule has 2 heterocycles. The molecule has 0 radical (unpaired) electrons. The van der Waals surface area contributed by atoms with Crippen LogP contribution in [0, 0.1) is 5.92 Å². The maximum Gasteiger partial charge on any atom is 0.319 e. The molecule has 2 fully saturated rings. The molecule has 3 amide bonds. The maximum absolute atomic E-state index is 13.2. The number of rotatable bonds is 3. The van der Waals surface area contributed by atoms with E-state index in [1.807, 2.05) is 9.80 Å². The predicted molar refractivity (Wildman–Crippen MR) is 97.4 cm³/mol. The number of ether oxygens (including phenoxy) is 1. The van der Waals surface area contributed by atoms with Crippen LogP contribution in [-0.4, -0.2) is 103 Å². The summed E-state index contributed by atoms with van der Waals surface area (Å²) in [6.45, 7) is 12.3. The van der Waals surface area contributed by atoms with Gasteiger partial charge in [0, 0.05) is 53.4 Å². The SMILES string of the molecule is CC1CN(C(C(=O)N2CCN(C(=O)N(C)C)CC2)C(C)C)CC(C)O1. The van der Waals surface area contributed by atoms with Crippen molar-refractivity contribution in [1.82, 2.24) is 19.6 Å². The third kappa shape index (κ3) is 4.85. The van der Waals surface area contributed by atoms with Gasteiger partial charge in [-0.1, -0.05) is 13.8 Å². The Morgan fingerprint density at radius 2 is 1.44 bits per heavy atom. The first-order chi connectivity index (χ1) is 11.7. The van der Waals surface area contributed by atoms with Gasteiger partial charge in [-0.15, -0.1) is 0 Å². The van der Waals surface area contributed by atoms with E-state index < -0.39 is 0 Å². The van der Waals surface area contributed by atoms with Gasteiger partial charge in [-0.3, -0.25) is 9.69 Å². The molecule has 0 spiro atoms. The third-order valence-corrected chi connectivity index (χ3v) is 4.97. The van der Waals surface area contributed by atoms with Crippen molar-refractivity contribution in [1.29, 1.82) is 0 Å². The summed E-state index contributed by atoms with van der Waals surface area (Å²) < 4.78 is 5.82. The Hall–Kier alpha value is -1.34. The van der Waals surface area contributed by atoms with Gasteiger partial charge in [0.1, 0.15) is 0 Å². The fraction of sp³-hybridized carbons (Fsp3) is 0.889. The van der Waals surface area contributed by atoms with Crippen molar-refractivity contribution in [2.75, 3.05) is 53.4 Å². The van der Waals surface area contributed by atoms with Crippen LogP contribution in [0.2, 0.25) is 0 Å². The highest BCUT2D eigenvalue weighted by molar-refractivity contribution is 5.82. The van der Waals surface area contributed by atoms with Crippen LogP contribution < -0.4 is 0 Å². The fourth-order valence-electron chi connectivity index (χ4n) is 3.90. The zero-order valence-electron chi connectivity index (χ0n) is 16.6. The number of urea groups is 1. The van der Waals surface area contributed by atoms with Crippen molar-refractivity contribution in [2.24, 2.45) is 5.92 Å². The number of carbonyl (C=O) groups excluding carboxylic acids is 2. The number of hydrogen-bond acceptors (Lipinski definition) is 4. The van der Waals surface area contributed by atoms with Gasteiger partial charge in [0.25, 0.3) is 0 Å². The predicted octanol–water partition coefficient (Wildman–Crippen LogP) is 0.946. The summed E-state index contributed by atoms with van der Waals surface area (Å²) in [6, 6.07) is -0.103. The number of nitrogens with zero attached hydrogens (tertiary/aromatic N) is 4. The van der Waals surface area contributed by atoms with E-state index in [0.29, 0.717) is 26.2 Å². The third-order valence-electron chi connectivity index (χ3n) is 4.97. The largest absolute Gasteiger partial charge is 0.373 e. The number of piperazine rings is 1. The highest BCUT2D eigenvalue weighted by Crippen LogP contribution is 2.21. The Bertz CT molecular complexity index is 465. The van der Waals surface area contributed by atoms with Gasteiger partial charge in [-0.05, 0) is 19.8 Å². The van der Waals surface area contributed by atoms with E-state index in [1.54, 1.807) is 19.0 Å². The first-order valence-electron chi connectivity index (χ1n) is 9.35. The lowest BCUT2D eigenvalue weighted by Gasteiger charge is -2.44. The van der Waals surface area contributed by atoms with Crippen LogP contribution in [0.15, 0.2) is 0 Å². The van der Waals surface area contributed by atoms with Gasteiger partial charge >= 0.3 is 6.03 Å². The first-order valence-corrected chi connectivity index (χ1v) is 9.35. The minimum atomic E-state index is -0.120. The van der Waals surface area contributed by atoms with Crippen molar-refractivity contribution in [2.45, 2.75) is 45.9 Å². The Morgan fingerprint density at radius 1 is 0.960 bits per heavy atom. The van der Waals surface area contributed by atoms with E-state index in [9.17, 15) is 9.59 Å². The van der Waals surface area contributed by atoms with Gasteiger partial charge in [0.15, 0.2) is 0 Å². The van der Waals surface area contributed by atoms with Crippen molar-refractivity contribution in [3.8, 4) is 0 Å². The zero-order chi connectivity index (χ0) is 18.7. The van der Waals surface area contributed by atoms with Crippen LogP contribution in [0.1, 0.15) is 27.7 Å². The quantitative estimate of drug-likeness (QED) is 0.757. The lowest BCUT2D eigenvalue weighted by molar-refractivity contribution is -0.146. The molecule has 2 saturated heterocycles. The van der Waals surface area contributed by atoms with Crippen LogP contribution in [0.4, 0.5) is 4.79 Å². The summed E-state index contributed by atoms with van der Waals surface area (Å²) in [5, 5.41) is 0. The monoisotopic (exact) mass is 354 g/mol. The molecule has 0 aromatic carbocycles. The van der Waals surface area contributed by atoms with Crippen molar-refractivity contribution in [3.63, 3.8) is 0 Å².